The molecule has 1 saturated heterocycles. The minimum absolute atomic E-state index is 0.139. The van der Waals surface area contributed by atoms with E-state index in [1.807, 2.05) is 0 Å². The molecule has 0 bridgehead atoms. The van der Waals surface area contributed by atoms with E-state index in [0.29, 0.717) is 12.0 Å². The van der Waals surface area contributed by atoms with Crippen molar-refractivity contribution < 1.29 is 5.11 Å². The average Bonchev–Trinajstić information content (AvgIpc) is 2.36. The van der Waals surface area contributed by atoms with E-state index in [9.17, 15) is 5.11 Å². The van der Waals surface area contributed by atoms with Gasteiger partial charge >= 0.3 is 0 Å². The molecule has 3 atom stereocenters. The predicted molar refractivity (Wildman–Crippen MR) is 76.6 cm³/mol. The highest BCUT2D eigenvalue weighted by Gasteiger charge is 2.27. The van der Waals surface area contributed by atoms with Gasteiger partial charge in [0.2, 0.25) is 0 Å². The maximum Gasteiger partial charge on any atom is 0.0540 e. The van der Waals surface area contributed by atoms with Crippen molar-refractivity contribution in [3.63, 3.8) is 0 Å². The number of piperidine rings is 1. The lowest BCUT2D eigenvalue weighted by Gasteiger charge is -2.38. The summed E-state index contributed by atoms with van der Waals surface area (Å²) in [5.41, 5.74) is 5.67. The molecule has 4 N–H and O–H groups in total. The number of hydrogen-bond donors (Lipinski definition) is 3. The normalized spacial score (nSPS) is 27.3. The maximum absolute atomic E-state index is 9.83. The van der Waals surface area contributed by atoms with Gasteiger partial charge in [-0.3, -0.25) is 0 Å². The molecule has 4 heteroatoms. The molecule has 18 heavy (non-hydrogen) atoms. The predicted octanol–water partition coefficient (Wildman–Crippen LogP) is 0.796. The molecule has 1 rings (SSSR count). The zero-order chi connectivity index (χ0) is 13.4. The Morgan fingerprint density at radius 3 is 2.78 bits per heavy atom. The van der Waals surface area contributed by atoms with Gasteiger partial charge in [-0.1, -0.05) is 13.8 Å². The summed E-state index contributed by atoms with van der Waals surface area (Å²) in [6, 6.07) is 0.569. The fourth-order valence-corrected chi connectivity index (χ4v) is 2.89. The van der Waals surface area contributed by atoms with Crippen molar-refractivity contribution in [2.45, 2.75) is 51.7 Å². The lowest BCUT2D eigenvalue weighted by Crippen LogP contribution is -2.51. The van der Waals surface area contributed by atoms with Crippen LogP contribution in [-0.4, -0.2) is 54.9 Å². The summed E-state index contributed by atoms with van der Waals surface area (Å²) in [5.74, 6) is 0.606. The molecule has 0 aromatic rings. The fraction of sp³-hybridized carbons (Fsp3) is 1.00. The van der Waals surface area contributed by atoms with Crippen LogP contribution in [0.5, 0.6) is 0 Å². The first-order valence-electron chi connectivity index (χ1n) is 7.53. The van der Waals surface area contributed by atoms with Crippen molar-refractivity contribution in [2.75, 3.05) is 32.7 Å². The molecule has 1 heterocycles. The lowest BCUT2D eigenvalue weighted by atomic mass is 9.89. The molecular formula is C14H31N3O. The summed E-state index contributed by atoms with van der Waals surface area (Å²) < 4.78 is 0. The van der Waals surface area contributed by atoms with Gasteiger partial charge in [0, 0.05) is 32.2 Å². The first kappa shape index (κ1) is 15.9. The lowest BCUT2D eigenvalue weighted by molar-refractivity contribution is 0.0853. The smallest absolute Gasteiger partial charge is 0.0540 e. The molecule has 1 fully saturated rings. The highest BCUT2D eigenvalue weighted by atomic mass is 16.3. The van der Waals surface area contributed by atoms with Crippen LogP contribution >= 0.6 is 0 Å². The number of likely N-dealkylation sites (tertiary alicyclic amines) is 1. The largest absolute Gasteiger partial charge is 0.393 e. The van der Waals surface area contributed by atoms with Crippen LogP contribution < -0.4 is 11.1 Å². The van der Waals surface area contributed by atoms with Crippen molar-refractivity contribution in [1.29, 1.82) is 0 Å². The van der Waals surface area contributed by atoms with Crippen LogP contribution in [0.25, 0.3) is 0 Å². The van der Waals surface area contributed by atoms with Gasteiger partial charge in [0.15, 0.2) is 0 Å². The Bertz CT molecular complexity index is 213. The molecule has 4 nitrogen and oxygen atoms in total. The standard InChI is InChI=1S/C14H31N3O/c1-3-6-16-13-8-12(9-14(18)4-2)10-17(11-13)7-5-15/h12-14,16,18H,3-11,15H2,1-2H3. The Hall–Kier alpha value is -0.160. The van der Waals surface area contributed by atoms with Gasteiger partial charge in [-0.15, -0.1) is 0 Å². The van der Waals surface area contributed by atoms with E-state index in [4.69, 9.17) is 5.73 Å². The van der Waals surface area contributed by atoms with Crippen LogP contribution in [0.15, 0.2) is 0 Å². The van der Waals surface area contributed by atoms with Gasteiger partial charge in [0.1, 0.15) is 0 Å². The molecule has 0 amide bonds. The Labute approximate surface area is 112 Å². The molecule has 1 aliphatic heterocycles. The van der Waals surface area contributed by atoms with E-state index < -0.39 is 0 Å². The van der Waals surface area contributed by atoms with E-state index in [1.54, 1.807) is 0 Å². The number of aliphatic hydroxyl groups excluding tert-OH is 1. The zero-order valence-electron chi connectivity index (χ0n) is 12.1. The molecule has 0 saturated carbocycles. The molecule has 0 aromatic carbocycles. The summed E-state index contributed by atoms with van der Waals surface area (Å²) in [6.07, 6.45) is 4.02. The van der Waals surface area contributed by atoms with Crippen molar-refractivity contribution in [2.24, 2.45) is 11.7 Å². The van der Waals surface area contributed by atoms with Gasteiger partial charge in [-0.25, -0.2) is 0 Å². The van der Waals surface area contributed by atoms with Crippen LogP contribution in [0.2, 0.25) is 0 Å². The Morgan fingerprint density at radius 1 is 1.39 bits per heavy atom. The molecule has 0 radical (unpaired) electrons. The highest BCUT2D eigenvalue weighted by molar-refractivity contribution is 4.84. The number of hydrogen-bond acceptors (Lipinski definition) is 4. The fourth-order valence-electron chi connectivity index (χ4n) is 2.89. The molecule has 0 aromatic heterocycles. The number of aliphatic hydroxyl groups is 1. The maximum atomic E-state index is 9.83. The Balaban J connectivity index is 2.45. The Kier molecular flexibility index (Phi) is 7.82. The summed E-state index contributed by atoms with van der Waals surface area (Å²) in [4.78, 5) is 2.45. The van der Waals surface area contributed by atoms with Crippen molar-refractivity contribution in [3.05, 3.63) is 0 Å². The quantitative estimate of drug-likeness (QED) is 0.602. The van der Waals surface area contributed by atoms with E-state index in [1.165, 1.54) is 12.8 Å². The van der Waals surface area contributed by atoms with Crippen LogP contribution in [0.3, 0.4) is 0 Å². The molecule has 0 aliphatic carbocycles. The number of nitrogens with two attached hydrogens (primary N) is 1. The van der Waals surface area contributed by atoms with E-state index in [2.05, 4.69) is 24.1 Å². The van der Waals surface area contributed by atoms with Gasteiger partial charge in [0.05, 0.1) is 6.10 Å². The van der Waals surface area contributed by atoms with Gasteiger partial charge in [-0.05, 0) is 38.1 Å². The summed E-state index contributed by atoms with van der Waals surface area (Å²) in [5, 5.41) is 13.4. The van der Waals surface area contributed by atoms with Crippen LogP contribution in [0, 0.1) is 5.92 Å². The second-order valence-corrected chi connectivity index (χ2v) is 5.60. The molecule has 0 spiro atoms. The third-order valence-corrected chi connectivity index (χ3v) is 3.82. The molecule has 108 valence electrons. The second kappa shape index (κ2) is 8.86. The first-order chi connectivity index (χ1) is 8.69. The third kappa shape index (κ3) is 5.65. The Morgan fingerprint density at radius 2 is 2.17 bits per heavy atom. The van der Waals surface area contributed by atoms with E-state index in [-0.39, 0.29) is 6.10 Å². The minimum Gasteiger partial charge on any atom is -0.393 e. The summed E-state index contributed by atoms with van der Waals surface area (Å²) in [7, 11) is 0. The summed E-state index contributed by atoms with van der Waals surface area (Å²) >= 11 is 0. The highest BCUT2D eigenvalue weighted by Crippen LogP contribution is 2.22. The van der Waals surface area contributed by atoms with Crippen LogP contribution in [-0.2, 0) is 0 Å². The van der Waals surface area contributed by atoms with Crippen molar-refractivity contribution >= 4 is 0 Å². The summed E-state index contributed by atoms with van der Waals surface area (Å²) in [6.45, 7) is 9.25. The number of rotatable bonds is 8. The SMILES string of the molecule is CCCNC1CC(CC(O)CC)CN(CCN)C1. The van der Waals surface area contributed by atoms with Crippen LogP contribution in [0.1, 0.15) is 39.5 Å². The van der Waals surface area contributed by atoms with Gasteiger partial charge in [0.25, 0.3) is 0 Å². The van der Waals surface area contributed by atoms with Crippen molar-refractivity contribution in [3.8, 4) is 0 Å². The molecule has 3 unspecified atom stereocenters. The van der Waals surface area contributed by atoms with Gasteiger partial charge in [-0.2, -0.15) is 0 Å². The first-order valence-corrected chi connectivity index (χ1v) is 7.53. The zero-order valence-corrected chi connectivity index (χ0v) is 12.1. The molecule has 1 aliphatic rings. The molecular weight excluding hydrogens is 226 g/mol. The average molecular weight is 257 g/mol. The van der Waals surface area contributed by atoms with E-state index >= 15 is 0 Å². The second-order valence-electron chi connectivity index (χ2n) is 5.60. The van der Waals surface area contributed by atoms with Crippen LogP contribution in [0.4, 0.5) is 0 Å². The van der Waals surface area contributed by atoms with Gasteiger partial charge < -0.3 is 21.1 Å². The number of nitrogens with one attached hydrogen (secondary N) is 1. The van der Waals surface area contributed by atoms with E-state index in [0.717, 1.165) is 45.6 Å². The third-order valence-electron chi connectivity index (χ3n) is 3.82. The van der Waals surface area contributed by atoms with Crippen molar-refractivity contribution in [1.82, 2.24) is 10.2 Å². The minimum atomic E-state index is -0.139. The number of nitrogens with zero attached hydrogens (tertiary/aromatic N) is 1. The monoisotopic (exact) mass is 257 g/mol. The topological polar surface area (TPSA) is 61.5 Å².